The second-order valence-corrected chi connectivity index (χ2v) is 7.77. The molecule has 1 unspecified atom stereocenters. The van der Waals surface area contributed by atoms with Crippen LogP contribution in [-0.4, -0.2) is 46.5 Å². The van der Waals surface area contributed by atoms with Crippen LogP contribution in [0.4, 0.5) is 0 Å². The van der Waals surface area contributed by atoms with E-state index in [0.717, 1.165) is 50.2 Å². The number of phenolic OH excluding ortho intramolecular Hbond substituents is 1. The SMILES string of the molecule is CC(c1ccccc1)C1(O)CCN(C[C@@H]2Cc3cc(O)ccc3O2)CC1. The van der Waals surface area contributed by atoms with Gasteiger partial charge in [-0.25, -0.2) is 0 Å². The number of aromatic hydroxyl groups is 1. The van der Waals surface area contributed by atoms with Gasteiger partial charge in [0.1, 0.15) is 17.6 Å². The molecule has 1 fully saturated rings. The van der Waals surface area contributed by atoms with E-state index in [1.54, 1.807) is 12.1 Å². The lowest BCUT2D eigenvalue weighted by atomic mass is 9.77. The Morgan fingerprint density at radius 1 is 1.15 bits per heavy atom. The van der Waals surface area contributed by atoms with Crippen LogP contribution in [0.1, 0.15) is 36.8 Å². The van der Waals surface area contributed by atoms with Crippen LogP contribution >= 0.6 is 0 Å². The molecule has 0 aliphatic carbocycles. The number of fused-ring (bicyclic) bond motifs is 1. The first-order valence-electron chi connectivity index (χ1n) is 9.52. The standard InChI is InChI=1S/C22H27NO3/c1-16(17-5-3-2-4-6-17)22(25)9-11-23(12-10-22)15-20-14-18-13-19(24)7-8-21(18)26-20/h2-8,13,16,20,24-25H,9-12,14-15H2,1H3/t16?,20-/m0/s1. The topological polar surface area (TPSA) is 52.9 Å². The van der Waals surface area contributed by atoms with Crippen LogP contribution in [0.25, 0.3) is 0 Å². The van der Waals surface area contributed by atoms with E-state index in [1.807, 2.05) is 24.3 Å². The van der Waals surface area contributed by atoms with Crippen molar-refractivity contribution in [2.75, 3.05) is 19.6 Å². The van der Waals surface area contributed by atoms with Gasteiger partial charge in [-0.3, -0.25) is 4.90 Å². The molecule has 2 aromatic rings. The van der Waals surface area contributed by atoms with Crippen LogP contribution in [-0.2, 0) is 6.42 Å². The van der Waals surface area contributed by atoms with Crippen LogP contribution in [0.5, 0.6) is 11.5 Å². The van der Waals surface area contributed by atoms with Crippen LogP contribution in [0, 0.1) is 0 Å². The third-order valence-electron chi connectivity index (χ3n) is 6.07. The molecule has 0 aromatic heterocycles. The van der Waals surface area contributed by atoms with Crippen molar-refractivity contribution in [1.82, 2.24) is 4.90 Å². The molecule has 1 saturated heterocycles. The first-order valence-corrected chi connectivity index (χ1v) is 9.52. The quantitative estimate of drug-likeness (QED) is 0.885. The van der Waals surface area contributed by atoms with Crippen LogP contribution < -0.4 is 4.74 Å². The maximum absolute atomic E-state index is 11.2. The summed E-state index contributed by atoms with van der Waals surface area (Å²) in [6, 6.07) is 15.6. The van der Waals surface area contributed by atoms with Gasteiger partial charge in [-0.1, -0.05) is 37.3 Å². The number of benzene rings is 2. The first-order chi connectivity index (χ1) is 12.5. The smallest absolute Gasteiger partial charge is 0.123 e. The van der Waals surface area contributed by atoms with Crippen molar-refractivity contribution in [1.29, 1.82) is 0 Å². The van der Waals surface area contributed by atoms with Gasteiger partial charge in [-0.2, -0.15) is 0 Å². The summed E-state index contributed by atoms with van der Waals surface area (Å²) in [5, 5.41) is 20.8. The lowest BCUT2D eigenvalue weighted by molar-refractivity contribution is -0.0435. The van der Waals surface area contributed by atoms with E-state index in [4.69, 9.17) is 4.74 Å². The number of hydrogen-bond donors (Lipinski definition) is 2. The van der Waals surface area contributed by atoms with E-state index < -0.39 is 5.60 Å². The number of nitrogens with zero attached hydrogens (tertiary/aromatic N) is 1. The number of rotatable bonds is 4. The maximum Gasteiger partial charge on any atom is 0.123 e. The molecule has 2 atom stereocenters. The highest BCUT2D eigenvalue weighted by molar-refractivity contribution is 5.42. The molecule has 0 spiro atoms. The van der Waals surface area contributed by atoms with Gasteiger partial charge in [-0.05, 0) is 36.6 Å². The molecule has 2 aliphatic rings. The fraction of sp³-hybridized carbons (Fsp3) is 0.455. The largest absolute Gasteiger partial charge is 0.508 e. The Morgan fingerprint density at radius 3 is 2.62 bits per heavy atom. The van der Waals surface area contributed by atoms with E-state index in [1.165, 1.54) is 5.56 Å². The van der Waals surface area contributed by atoms with E-state index in [9.17, 15) is 10.2 Å². The number of ether oxygens (including phenoxy) is 1. The Balaban J connectivity index is 1.33. The van der Waals surface area contributed by atoms with Crippen LogP contribution in [0.2, 0.25) is 0 Å². The van der Waals surface area contributed by atoms with Crippen molar-refractivity contribution in [2.24, 2.45) is 0 Å². The molecule has 0 saturated carbocycles. The van der Waals surface area contributed by atoms with Gasteiger partial charge in [-0.15, -0.1) is 0 Å². The maximum atomic E-state index is 11.2. The van der Waals surface area contributed by atoms with Crippen molar-refractivity contribution in [3.8, 4) is 11.5 Å². The number of phenols is 1. The average Bonchev–Trinajstić information content (AvgIpc) is 3.05. The predicted octanol–water partition coefficient (Wildman–Crippen LogP) is 3.33. The summed E-state index contributed by atoms with van der Waals surface area (Å²) >= 11 is 0. The summed E-state index contributed by atoms with van der Waals surface area (Å²) in [6.45, 7) is 4.77. The fourth-order valence-electron chi connectivity index (χ4n) is 4.30. The Labute approximate surface area is 155 Å². The van der Waals surface area contributed by atoms with Crippen LogP contribution in [0.15, 0.2) is 48.5 Å². The molecular weight excluding hydrogens is 326 g/mol. The molecule has 2 N–H and O–H groups in total. The van der Waals surface area contributed by atoms with Gasteiger partial charge < -0.3 is 14.9 Å². The highest BCUT2D eigenvalue weighted by Crippen LogP contribution is 2.37. The van der Waals surface area contributed by atoms with Crippen molar-refractivity contribution < 1.29 is 14.9 Å². The third kappa shape index (κ3) is 3.44. The lowest BCUT2D eigenvalue weighted by Crippen LogP contribution is -2.49. The van der Waals surface area contributed by atoms with Gasteiger partial charge in [0.05, 0.1) is 5.60 Å². The number of piperidine rings is 1. The average molecular weight is 353 g/mol. The number of hydrogen-bond acceptors (Lipinski definition) is 4. The molecule has 4 nitrogen and oxygen atoms in total. The van der Waals surface area contributed by atoms with Crippen molar-refractivity contribution in [2.45, 2.75) is 43.8 Å². The van der Waals surface area contributed by atoms with E-state index in [-0.39, 0.29) is 12.0 Å². The van der Waals surface area contributed by atoms with Gasteiger partial charge >= 0.3 is 0 Å². The van der Waals surface area contributed by atoms with E-state index in [0.29, 0.717) is 5.75 Å². The summed E-state index contributed by atoms with van der Waals surface area (Å²) in [6.07, 6.45) is 2.53. The molecule has 2 aliphatic heterocycles. The number of aliphatic hydroxyl groups is 1. The lowest BCUT2D eigenvalue weighted by Gasteiger charge is -2.42. The highest BCUT2D eigenvalue weighted by Gasteiger charge is 2.38. The summed E-state index contributed by atoms with van der Waals surface area (Å²) in [7, 11) is 0. The Hall–Kier alpha value is -2.04. The zero-order valence-corrected chi connectivity index (χ0v) is 15.3. The fourth-order valence-corrected chi connectivity index (χ4v) is 4.30. The molecule has 2 aromatic carbocycles. The van der Waals surface area contributed by atoms with E-state index in [2.05, 4.69) is 24.0 Å². The summed E-state index contributed by atoms with van der Waals surface area (Å²) in [4.78, 5) is 2.39. The predicted molar refractivity (Wildman–Crippen MR) is 102 cm³/mol. The van der Waals surface area contributed by atoms with Gasteiger partial charge in [0.25, 0.3) is 0 Å². The Kier molecular flexibility index (Phi) is 4.63. The second-order valence-electron chi connectivity index (χ2n) is 7.77. The van der Waals surface area contributed by atoms with Gasteiger partial charge in [0.15, 0.2) is 0 Å². The molecule has 2 heterocycles. The molecule has 0 amide bonds. The van der Waals surface area contributed by atoms with E-state index >= 15 is 0 Å². The zero-order valence-electron chi connectivity index (χ0n) is 15.3. The summed E-state index contributed by atoms with van der Waals surface area (Å²) in [5.74, 6) is 1.32. The van der Waals surface area contributed by atoms with Crippen LogP contribution in [0.3, 0.4) is 0 Å². The zero-order chi connectivity index (χ0) is 18.1. The second kappa shape index (κ2) is 6.93. The summed E-state index contributed by atoms with van der Waals surface area (Å²) in [5.41, 5.74) is 1.66. The van der Waals surface area contributed by atoms with Gasteiger partial charge in [0.2, 0.25) is 0 Å². The number of likely N-dealkylation sites (tertiary alicyclic amines) is 1. The molecule has 0 bridgehead atoms. The van der Waals surface area contributed by atoms with Crippen molar-refractivity contribution >= 4 is 0 Å². The Bertz CT molecular complexity index is 753. The molecule has 0 radical (unpaired) electrons. The molecule has 138 valence electrons. The monoisotopic (exact) mass is 353 g/mol. The molecule has 4 heteroatoms. The normalized spacial score (nSPS) is 23.2. The highest BCUT2D eigenvalue weighted by atomic mass is 16.5. The van der Waals surface area contributed by atoms with Crippen molar-refractivity contribution in [3.05, 3.63) is 59.7 Å². The summed E-state index contributed by atoms with van der Waals surface area (Å²) < 4.78 is 6.02. The first kappa shape index (κ1) is 17.4. The van der Waals surface area contributed by atoms with Crippen molar-refractivity contribution in [3.63, 3.8) is 0 Å². The third-order valence-corrected chi connectivity index (χ3v) is 6.07. The minimum Gasteiger partial charge on any atom is -0.508 e. The minimum atomic E-state index is -0.636. The molecular formula is C22H27NO3. The molecule has 26 heavy (non-hydrogen) atoms. The minimum absolute atomic E-state index is 0.129. The molecule has 4 rings (SSSR count). The van der Waals surface area contributed by atoms with Gasteiger partial charge in [0, 0.05) is 37.5 Å². The Morgan fingerprint density at radius 2 is 1.88 bits per heavy atom.